The molecular formula is C14H20N4O3. The molecule has 1 amide bonds. The Kier molecular flexibility index (Phi) is 5.08. The van der Waals surface area contributed by atoms with E-state index in [2.05, 4.69) is 10.3 Å². The normalized spacial score (nSPS) is 16.0. The average Bonchev–Trinajstić information content (AvgIpc) is 2.45. The van der Waals surface area contributed by atoms with Crippen molar-refractivity contribution in [1.29, 1.82) is 0 Å². The van der Waals surface area contributed by atoms with Crippen LogP contribution in [0.2, 0.25) is 0 Å². The van der Waals surface area contributed by atoms with E-state index in [9.17, 15) is 14.9 Å². The third-order valence-corrected chi connectivity index (χ3v) is 3.69. The van der Waals surface area contributed by atoms with Gasteiger partial charge >= 0.3 is 0 Å². The van der Waals surface area contributed by atoms with E-state index < -0.39 is 4.92 Å². The summed E-state index contributed by atoms with van der Waals surface area (Å²) in [5, 5.41) is 13.7. The summed E-state index contributed by atoms with van der Waals surface area (Å²) in [5.74, 6) is 0.199. The van der Waals surface area contributed by atoms with Crippen molar-refractivity contribution in [2.45, 2.75) is 32.1 Å². The predicted molar refractivity (Wildman–Crippen MR) is 79.4 cm³/mol. The van der Waals surface area contributed by atoms with Crippen molar-refractivity contribution in [3.05, 3.63) is 27.9 Å². The van der Waals surface area contributed by atoms with E-state index in [0.29, 0.717) is 18.9 Å². The number of nitrogens with zero attached hydrogens (tertiary/aromatic N) is 3. The fourth-order valence-electron chi connectivity index (χ4n) is 2.54. The maximum atomic E-state index is 12.6. The first kappa shape index (κ1) is 15.2. The van der Waals surface area contributed by atoms with Gasteiger partial charge < -0.3 is 10.2 Å². The Bertz CT molecular complexity index is 525. The maximum Gasteiger partial charge on any atom is 0.288 e. The molecule has 1 aromatic heterocycles. The van der Waals surface area contributed by atoms with Crippen molar-refractivity contribution < 1.29 is 9.72 Å². The van der Waals surface area contributed by atoms with Gasteiger partial charge in [-0.25, -0.2) is 4.98 Å². The van der Waals surface area contributed by atoms with Gasteiger partial charge in [0.2, 0.25) is 0 Å². The van der Waals surface area contributed by atoms with Crippen molar-refractivity contribution in [2.24, 2.45) is 0 Å². The van der Waals surface area contributed by atoms with Crippen LogP contribution in [0.15, 0.2) is 12.3 Å². The van der Waals surface area contributed by atoms with Crippen LogP contribution in [0.3, 0.4) is 0 Å². The Hall–Kier alpha value is -2.18. The fraction of sp³-hybridized carbons (Fsp3) is 0.571. The van der Waals surface area contributed by atoms with Crippen molar-refractivity contribution in [2.75, 3.05) is 25.5 Å². The quantitative estimate of drug-likeness (QED) is 0.682. The monoisotopic (exact) mass is 292 g/mol. The number of rotatable bonds is 3. The van der Waals surface area contributed by atoms with Gasteiger partial charge in [0, 0.05) is 26.2 Å². The standard InChI is InChI=1S/C14H20N4O3/c1-15-13-12(9-11(10-16-13)18(20)21)14(19)17-7-5-3-2-4-6-8-17/h9-10H,2-8H2,1H3,(H,15,16). The Morgan fingerprint density at radius 3 is 2.48 bits per heavy atom. The number of carbonyl (C=O) groups is 1. The molecule has 0 aliphatic carbocycles. The molecule has 1 fully saturated rings. The lowest BCUT2D eigenvalue weighted by molar-refractivity contribution is -0.385. The average molecular weight is 292 g/mol. The topological polar surface area (TPSA) is 88.4 Å². The molecule has 0 aromatic carbocycles. The summed E-state index contributed by atoms with van der Waals surface area (Å²) in [6.07, 6.45) is 6.57. The summed E-state index contributed by atoms with van der Waals surface area (Å²) in [5.41, 5.74) is 0.108. The van der Waals surface area contributed by atoms with Crippen LogP contribution in [0.4, 0.5) is 11.5 Å². The lowest BCUT2D eigenvalue weighted by atomic mass is 10.1. The highest BCUT2D eigenvalue weighted by Gasteiger charge is 2.22. The molecular weight excluding hydrogens is 272 g/mol. The van der Waals surface area contributed by atoms with Crippen LogP contribution in [0.1, 0.15) is 42.5 Å². The SMILES string of the molecule is CNc1ncc([N+](=O)[O-])cc1C(=O)N1CCCCCCC1. The molecule has 1 aromatic rings. The van der Waals surface area contributed by atoms with Crippen LogP contribution in [0.5, 0.6) is 0 Å². The highest BCUT2D eigenvalue weighted by molar-refractivity contribution is 5.99. The third kappa shape index (κ3) is 3.68. The smallest absolute Gasteiger partial charge is 0.288 e. The van der Waals surface area contributed by atoms with Crippen LogP contribution in [0.25, 0.3) is 0 Å². The van der Waals surface area contributed by atoms with Gasteiger partial charge in [0.05, 0.1) is 10.5 Å². The second-order valence-electron chi connectivity index (χ2n) is 5.16. The van der Waals surface area contributed by atoms with Crippen LogP contribution in [-0.4, -0.2) is 40.9 Å². The minimum Gasteiger partial charge on any atom is -0.372 e. The van der Waals surface area contributed by atoms with Crippen LogP contribution < -0.4 is 5.32 Å². The molecule has 0 atom stereocenters. The summed E-state index contributed by atoms with van der Waals surface area (Å²) >= 11 is 0. The summed E-state index contributed by atoms with van der Waals surface area (Å²) in [4.78, 5) is 28.7. The van der Waals surface area contributed by atoms with Gasteiger partial charge in [0.15, 0.2) is 0 Å². The van der Waals surface area contributed by atoms with Crippen molar-refractivity contribution in [3.63, 3.8) is 0 Å². The summed E-state index contributed by atoms with van der Waals surface area (Å²) in [7, 11) is 1.65. The molecule has 0 bridgehead atoms. The van der Waals surface area contributed by atoms with Gasteiger partial charge in [-0.2, -0.15) is 0 Å². The third-order valence-electron chi connectivity index (χ3n) is 3.69. The first-order valence-corrected chi connectivity index (χ1v) is 7.25. The number of carbonyl (C=O) groups excluding carboxylic acids is 1. The highest BCUT2D eigenvalue weighted by Crippen LogP contribution is 2.22. The zero-order valence-corrected chi connectivity index (χ0v) is 12.2. The number of aromatic nitrogens is 1. The molecule has 1 saturated heterocycles. The number of nitrogens with one attached hydrogen (secondary N) is 1. The van der Waals surface area contributed by atoms with E-state index in [1.807, 2.05) is 0 Å². The number of likely N-dealkylation sites (tertiary alicyclic amines) is 1. The first-order valence-electron chi connectivity index (χ1n) is 7.25. The van der Waals surface area contributed by atoms with Crippen LogP contribution in [0, 0.1) is 10.1 Å². The summed E-state index contributed by atoms with van der Waals surface area (Å²) in [6.45, 7) is 1.40. The Morgan fingerprint density at radius 1 is 1.29 bits per heavy atom. The van der Waals surface area contributed by atoms with Crippen molar-refractivity contribution in [1.82, 2.24) is 9.88 Å². The molecule has 1 aliphatic heterocycles. The van der Waals surface area contributed by atoms with Crippen molar-refractivity contribution in [3.8, 4) is 0 Å². The van der Waals surface area contributed by atoms with E-state index in [4.69, 9.17) is 0 Å². The fourth-order valence-corrected chi connectivity index (χ4v) is 2.54. The molecule has 21 heavy (non-hydrogen) atoms. The summed E-state index contributed by atoms with van der Waals surface area (Å²) < 4.78 is 0. The Morgan fingerprint density at radius 2 is 1.90 bits per heavy atom. The molecule has 114 valence electrons. The largest absolute Gasteiger partial charge is 0.372 e. The van der Waals surface area contributed by atoms with Crippen molar-refractivity contribution >= 4 is 17.4 Å². The highest BCUT2D eigenvalue weighted by atomic mass is 16.6. The number of pyridine rings is 1. The minimum absolute atomic E-state index is 0.163. The van der Waals surface area contributed by atoms with Gasteiger partial charge in [0.25, 0.3) is 11.6 Å². The molecule has 1 N–H and O–H groups in total. The molecule has 0 saturated carbocycles. The molecule has 7 nitrogen and oxygen atoms in total. The van der Waals surface area contributed by atoms with E-state index >= 15 is 0 Å². The second-order valence-corrected chi connectivity index (χ2v) is 5.16. The molecule has 1 aliphatic rings. The van der Waals surface area contributed by atoms with Crippen LogP contribution in [-0.2, 0) is 0 Å². The summed E-state index contributed by atoms with van der Waals surface area (Å²) in [6, 6.07) is 1.31. The van der Waals surface area contributed by atoms with Gasteiger partial charge in [-0.3, -0.25) is 14.9 Å². The van der Waals surface area contributed by atoms with Crippen LogP contribution >= 0.6 is 0 Å². The number of hydrogen-bond donors (Lipinski definition) is 1. The zero-order valence-electron chi connectivity index (χ0n) is 12.2. The van der Waals surface area contributed by atoms with E-state index in [1.54, 1.807) is 11.9 Å². The van der Waals surface area contributed by atoms with Gasteiger partial charge in [-0.05, 0) is 12.8 Å². The molecule has 2 heterocycles. The number of amides is 1. The van der Waals surface area contributed by atoms with Gasteiger partial charge in [-0.1, -0.05) is 19.3 Å². The molecule has 7 heteroatoms. The van der Waals surface area contributed by atoms with E-state index in [0.717, 1.165) is 31.9 Å². The number of anilines is 1. The Balaban J connectivity index is 2.27. The molecule has 0 radical (unpaired) electrons. The number of hydrogen-bond acceptors (Lipinski definition) is 5. The Labute approximate surface area is 123 Å². The number of nitro groups is 1. The first-order chi connectivity index (χ1) is 10.1. The minimum atomic E-state index is -0.531. The lowest BCUT2D eigenvalue weighted by Crippen LogP contribution is -2.34. The van der Waals surface area contributed by atoms with E-state index in [1.165, 1.54) is 12.5 Å². The molecule has 0 spiro atoms. The van der Waals surface area contributed by atoms with E-state index in [-0.39, 0.29) is 17.2 Å². The van der Waals surface area contributed by atoms with Gasteiger partial charge in [0.1, 0.15) is 12.0 Å². The molecule has 2 rings (SSSR count). The van der Waals surface area contributed by atoms with Gasteiger partial charge in [-0.15, -0.1) is 0 Å². The molecule has 0 unspecified atom stereocenters. The lowest BCUT2D eigenvalue weighted by Gasteiger charge is -2.25. The second kappa shape index (κ2) is 7.01. The maximum absolute atomic E-state index is 12.6. The zero-order chi connectivity index (χ0) is 15.2. The predicted octanol–water partition coefficient (Wildman–Crippen LogP) is 2.44.